The topological polar surface area (TPSA) is 114 Å². The first-order valence-electron chi connectivity index (χ1n) is 11.0. The highest BCUT2D eigenvalue weighted by atomic mass is 32.2. The lowest BCUT2D eigenvalue weighted by atomic mass is 9.98. The average Bonchev–Trinajstić information content (AvgIpc) is 3.10. The van der Waals surface area contributed by atoms with Gasteiger partial charge in [0.1, 0.15) is 11.8 Å². The van der Waals surface area contributed by atoms with Gasteiger partial charge in [-0.1, -0.05) is 31.2 Å². The van der Waals surface area contributed by atoms with Crippen LogP contribution in [0.15, 0.2) is 42.6 Å². The number of sulfonamides is 1. The molecule has 3 aromatic rings. The zero-order valence-electron chi connectivity index (χ0n) is 19.9. The van der Waals surface area contributed by atoms with Gasteiger partial charge in [0.15, 0.2) is 0 Å². The highest BCUT2D eigenvalue weighted by Gasteiger charge is 2.27. The lowest BCUT2D eigenvalue weighted by Gasteiger charge is -2.14. The first-order chi connectivity index (χ1) is 16.2. The zero-order chi connectivity index (χ0) is 25.0. The number of benzene rings is 1. The number of hydrogen-bond donors (Lipinski definition) is 1. The summed E-state index contributed by atoms with van der Waals surface area (Å²) in [5.74, 6) is -0.490. The van der Waals surface area contributed by atoms with Crippen molar-refractivity contribution in [2.75, 3.05) is 11.3 Å². The lowest BCUT2D eigenvalue weighted by molar-refractivity contribution is 0.0516. The van der Waals surface area contributed by atoms with Gasteiger partial charge in [0.2, 0.25) is 10.0 Å². The summed E-state index contributed by atoms with van der Waals surface area (Å²) in [6.45, 7) is 7.09. The molecule has 0 aliphatic rings. The van der Waals surface area contributed by atoms with Crippen LogP contribution in [0, 0.1) is 11.3 Å². The average molecular weight is 481 g/mol. The summed E-state index contributed by atoms with van der Waals surface area (Å²) in [5.41, 5.74) is 4.25. The monoisotopic (exact) mass is 480 g/mol. The van der Waals surface area contributed by atoms with Gasteiger partial charge in [0.25, 0.3) is 0 Å². The Morgan fingerprint density at radius 3 is 2.38 bits per heavy atom. The molecule has 2 heterocycles. The number of nitrogens with one attached hydrogen (secondary N) is 1. The molecule has 2 aromatic heterocycles. The van der Waals surface area contributed by atoms with E-state index in [1.54, 1.807) is 75.0 Å². The quantitative estimate of drug-likeness (QED) is 0.474. The van der Waals surface area contributed by atoms with Crippen LogP contribution in [0.5, 0.6) is 0 Å². The van der Waals surface area contributed by atoms with Crippen LogP contribution < -0.4 is 4.72 Å². The predicted octanol–water partition coefficient (Wildman–Crippen LogP) is 4.51. The number of carbonyl (C=O) groups is 1. The van der Waals surface area contributed by atoms with Crippen molar-refractivity contribution in [3.8, 4) is 28.5 Å². The number of anilines is 1. The number of carbonyl (C=O) groups excluding carboxylic acids is 1. The van der Waals surface area contributed by atoms with Gasteiger partial charge >= 0.3 is 5.97 Å². The van der Waals surface area contributed by atoms with Crippen molar-refractivity contribution in [1.82, 2.24) is 9.55 Å². The lowest BCUT2D eigenvalue weighted by Crippen LogP contribution is -2.22. The Hall–Kier alpha value is -3.64. The summed E-state index contributed by atoms with van der Waals surface area (Å²) >= 11 is 0. The first-order valence-corrected chi connectivity index (χ1v) is 12.6. The molecule has 9 heteroatoms. The third kappa shape index (κ3) is 4.68. The van der Waals surface area contributed by atoms with Crippen LogP contribution in [0.25, 0.3) is 22.4 Å². The van der Waals surface area contributed by atoms with E-state index in [4.69, 9.17) is 4.74 Å². The molecule has 0 spiro atoms. The molecule has 0 saturated carbocycles. The van der Waals surface area contributed by atoms with Crippen LogP contribution >= 0.6 is 0 Å². The summed E-state index contributed by atoms with van der Waals surface area (Å²) < 4.78 is 34.4. The van der Waals surface area contributed by atoms with Gasteiger partial charge in [-0.25, -0.2) is 13.2 Å². The molecular weight excluding hydrogens is 452 g/mol. The molecule has 0 amide bonds. The van der Waals surface area contributed by atoms with Crippen molar-refractivity contribution >= 4 is 21.7 Å². The standard InChI is InChI=1S/C25H28N4O4S/c1-6-21-19(15-26)22(24(29(21)5)25(30)33-7-2)17-10-12-18(13-11-17)23-20(9-8-14-27-23)28-34(31,32)16(3)4/h8-14,16,28H,6-7H2,1-5H3. The fraction of sp³-hybridized carbons (Fsp3) is 0.320. The first kappa shape index (κ1) is 25.0. The van der Waals surface area contributed by atoms with Crippen molar-refractivity contribution < 1.29 is 17.9 Å². The fourth-order valence-corrected chi connectivity index (χ4v) is 4.48. The number of nitriles is 1. The molecule has 0 aliphatic heterocycles. The second-order valence-corrected chi connectivity index (χ2v) is 10.2. The Morgan fingerprint density at radius 2 is 1.82 bits per heavy atom. The van der Waals surface area contributed by atoms with Gasteiger partial charge in [-0.3, -0.25) is 9.71 Å². The van der Waals surface area contributed by atoms with Crippen molar-refractivity contribution in [3.05, 3.63) is 59.5 Å². The van der Waals surface area contributed by atoms with Crippen LogP contribution in [0.3, 0.4) is 0 Å². The molecule has 0 radical (unpaired) electrons. The highest BCUT2D eigenvalue weighted by molar-refractivity contribution is 7.93. The number of nitrogens with zero attached hydrogens (tertiary/aromatic N) is 3. The van der Waals surface area contributed by atoms with Crippen LogP contribution in [0.1, 0.15) is 49.4 Å². The summed E-state index contributed by atoms with van der Waals surface area (Å²) in [6, 6.07) is 12.7. The van der Waals surface area contributed by atoms with E-state index >= 15 is 0 Å². The van der Waals surface area contributed by atoms with E-state index in [9.17, 15) is 18.5 Å². The Bertz CT molecular complexity index is 1350. The highest BCUT2D eigenvalue weighted by Crippen LogP contribution is 2.35. The van der Waals surface area contributed by atoms with Gasteiger partial charge in [0, 0.05) is 30.1 Å². The van der Waals surface area contributed by atoms with E-state index in [0.717, 1.165) is 5.69 Å². The summed E-state index contributed by atoms with van der Waals surface area (Å²) in [5, 5.41) is 9.27. The Kier molecular flexibility index (Phi) is 7.42. The minimum atomic E-state index is -3.55. The molecule has 178 valence electrons. The second kappa shape index (κ2) is 10.1. The summed E-state index contributed by atoms with van der Waals surface area (Å²) in [4.78, 5) is 17.1. The van der Waals surface area contributed by atoms with E-state index in [1.165, 1.54) is 0 Å². The van der Waals surface area contributed by atoms with E-state index < -0.39 is 21.2 Å². The Morgan fingerprint density at radius 1 is 1.18 bits per heavy atom. The van der Waals surface area contributed by atoms with Crippen LogP contribution in [0.2, 0.25) is 0 Å². The third-order valence-corrected chi connectivity index (χ3v) is 7.30. The van der Waals surface area contributed by atoms with Gasteiger partial charge < -0.3 is 9.30 Å². The van der Waals surface area contributed by atoms with E-state index in [1.807, 2.05) is 6.92 Å². The largest absolute Gasteiger partial charge is 0.461 e. The maximum absolute atomic E-state index is 12.8. The van der Waals surface area contributed by atoms with Crippen LogP contribution in [0.4, 0.5) is 5.69 Å². The van der Waals surface area contributed by atoms with E-state index in [-0.39, 0.29) is 6.61 Å². The van der Waals surface area contributed by atoms with Crippen molar-refractivity contribution in [3.63, 3.8) is 0 Å². The van der Waals surface area contributed by atoms with Crippen LogP contribution in [-0.4, -0.2) is 35.8 Å². The van der Waals surface area contributed by atoms with Crippen molar-refractivity contribution in [2.45, 2.75) is 39.4 Å². The number of ether oxygens (including phenoxy) is 1. The molecule has 3 rings (SSSR count). The number of esters is 1. The maximum atomic E-state index is 12.8. The van der Waals surface area contributed by atoms with Crippen molar-refractivity contribution in [2.24, 2.45) is 7.05 Å². The molecular formula is C25H28N4O4S. The maximum Gasteiger partial charge on any atom is 0.355 e. The number of pyridine rings is 1. The van der Waals surface area contributed by atoms with Gasteiger partial charge in [-0.15, -0.1) is 0 Å². The summed E-state index contributed by atoms with van der Waals surface area (Å²) in [7, 11) is -1.79. The van der Waals surface area contributed by atoms with Gasteiger partial charge in [-0.05, 0) is 44.9 Å². The normalized spacial score (nSPS) is 11.3. The minimum Gasteiger partial charge on any atom is -0.461 e. The number of rotatable bonds is 8. The van der Waals surface area contributed by atoms with Gasteiger partial charge in [-0.2, -0.15) is 5.26 Å². The molecule has 1 aromatic carbocycles. The fourth-order valence-electron chi connectivity index (χ4n) is 3.77. The molecule has 34 heavy (non-hydrogen) atoms. The minimum absolute atomic E-state index is 0.223. The van der Waals surface area contributed by atoms with Crippen LogP contribution in [-0.2, 0) is 28.2 Å². The molecule has 0 unspecified atom stereocenters. The van der Waals surface area contributed by atoms with E-state index in [0.29, 0.717) is 45.7 Å². The number of hydrogen-bond acceptors (Lipinski definition) is 6. The smallest absolute Gasteiger partial charge is 0.355 e. The van der Waals surface area contributed by atoms with Crippen molar-refractivity contribution in [1.29, 1.82) is 5.26 Å². The second-order valence-electron chi connectivity index (χ2n) is 7.96. The predicted molar refractivity (Wildman–Crippen MR) is 132 cm³/mol. The Labute approximate surface area is 200 Å². The summed E-state index contributed by atoms with van der Waals surface area (Å²) in [6.07, 6.45) is 2.17. The number of aromatic nitrogens is 2. The molecule has 0 fully saturated rings. The molecule has 0 bridgehead atoms. The molecule has 8 nitrogen and oxygen atoms in total. The molecule has 0 saturated heterocycles. The van der Waals surface area contributed by atoms with E-state index in [2.05, 4.69) is 15.8 Å². The molecule has 0 aliphatic carbocycles. The third-order valence-electron chi connectivity index (χ3n) is 5.56. The molecule has 1 N–H and O–H groups in total. The van der Waals surface area contributed by atoms with Gasteiger partial charge in [0.05, 0.1) is 28.8 Å². The Balaban J connectivity index is 2.11. The SMILES string of the molecule is CCOC(=O)c1c(-c2ccc(-c3ncccc3NS(=O)(=O)C(C)C)cc2)c(C#N)c(CC)n1C. The zero-order valence-corrected chi connectivity index (χ0v) is 20.7. The molecule has 0 atom stereocenters.